The summed E-state index contributed by atoms with van der Waals surface area (Å²) in [7, 11) is 0. The van der Waals surface area contributed by atoms with Crippen LogP contribution in [0.4, 0.5) is 24.5 Å². The van der Waals surface area contributed by atoms with Crippen molar-refractivity contribution in [3.8, 4) is 0 Å². The maximum Gasteiger partial charge on any atom is 0.269 e. The van der Waals surface area contributed by atoms with Crippen molar-refractivity contribution in [1.82, 2.24) is 0 Å². The molecule has 0 heterocycles. The smallest absolute Gasteiger partial charge is 0.269 e. The van der Waals surface area contributed by atoms with Crippen LogP contribution >= 0.6 is 0 Å². The van der Waals surface area contributed by atoms with Crippen molar-refractivity contribution in [2.45, 2.75) is 13.0 Å². The van der Waals surface area contributed by atoms with Gasteiger partial charge in [-0.1, -0.05) is 12.1 Å². The molecule has 0 bridgehead atoms. The molecule has 0 amide bonds. The molecular formula is C14H11F3N2O2. The van der Waals surface area contributed by atoms with Crippen LogP contribution in [0.3, 0.4) is 0 Å². The molecule has 2 aromatic carbocycles. The molecule has 2 rings (SSSR count). The fourth-order valence-corrected chi connectivity index (χ4v) is 1.86. The Morgan fingerprint density at radius 1 is 1.10 bits per heavy atom. The number of hydrogen-bond acceptors (Lipinski definition) is 3. The minimum Gasteiger partial charge on any atom is -0.376 e. The Morgan fingerprint density at radius 2 is 1.76 bits per heavy atom. The molecule has 0 aliphatic rings. The summed E-state index contributed by atoms with van der Waals surface area (Å²) in [6.45, 7) is 1.62. The van der Waals surface area contributed by atoms with Crippen molar-refractivity contribution in [3.05, 3.63) is 69.5 Å². The number of nitro groups is 1. The Morgan fingerprint density at radius 3 is 2.43 bits per heavy atom. The van der Waals surface area contributed by atoms with Crippen LogP contribution in [0.25, 0.3) is 0 Å². The Bertz CT molecular complexity index is 692. The molecule has 110 valence electrons. The highest BCUT2D eigenvalue weighted by Gasteiger charge is 2.14. The van der Waals surface area contributed by atoms with Crippen molar-refractivity contribution < 1.29 is 18.1 Å². The SMILES string of the molecule is CC(Nc1cc(F)c(F)cc1F)c1cccc([N+](=O)[O-])c1. The molecule has 0 spiro atoms. The van der Waals surface area contributed by atoms with Crippen molar-refractivity contribution in [2.75, 3.05) is 5.32 Å². The highest BCUT2D eigenvalue weighted by molar-refractivity contribution is 5.48. The van der Waals surface area contributed by atoms with Crippen LogP contribution in [0.1, 0.15) is 18.5 Å². The van der Waals surface area contributed by atoms with Gasteiger partial charge in [0.25, 0.3) is 5.69 Å². The van der Waals surface area contributed by atoms with Gasteiger partial charge in [0.1, 0.15) is 5.82 Å². The number of nitrogens with one attached hydrogen (secondary N) is 1. The van der Waals surface area contributed by atoms with Crippen molar-refractivity contribution >= 4 is 11.4 Å². The quantitative estimate of drug-likeness (QED) is 0.523. The molecule has 0 fully saturated rings. The first kappa shape index (κ1) is 14.8. The van der Waals surface area contributed by atoms with Gasteiger partial charge in [0.15, 0.2) is 11.6 Å². The van der Waals surface area contributed by atoms with Crippen LogP contribution in [0.5, 0.6) is 0 Å². The van der Waals surface area contributed by atoms with E-state index >= 15 is 0 Å². The van der Waals surface area contributed by atoms with Gasteiger partial charge in [0.05, 0.1) is 10.6 Å². The summed E-state index contributed by atoms with van der Waals surface area (Å²) in [4.78, 5) is 10.2. The summed E-state index contributed by atoms with van der Waals surface area (Å²) in [6, 6.07) is 6.39. The lowest BCUT2D eigenvalue weighted by molar-refractivity contribution is -0.384. The van der Waals surface area contributed by atoms with Crippen molar-refractivity contribution in [1.29, 1.82) is 0 Å². The number of nitro benzene ring substituents is 1. The molecule has 7 heteroatoms. The lowest BCUT2D eigenvalue weighted by atomic mass is 10.1. The summed E-state index contributed by atoms with van der Waals surface area (Å²) >= 11 is 0. The number of hydrogen-bond donors (Lipinski definition) is 1. The van der Waals surface area contributed by atoms with Gasteiger partial charge in [-0.25, -0.2) is 13.2 Å². The molecule has 21 heavy (non-hydrogen) atoms. The number of anilines is 1. The number of halogens is 3. The van der Waals surface area contributed by atoms with Crippen LogP contribution in [0.2, 0.25) is 0 Å². The van der Waals surface area contributed by atoms with E-state index in [9.17, 15) is 23.3 Å². The monoisotopic (exact) mass is 296 g/mol. The lowest BCUT2D eigenvalue weighted by Crippen LogP contribution is -2.09. The van der Waals surface area contributed by atoms with Gasteiger partial charge < -0.3 is 5.32 Å². The van der Waals surface area contributed by atoms with Gasteiger partial charge in [-0.05, 0) is 12.5 Å². The van der Waals surface area contributed by atoms with E-state index in [0.29, 0.717) is 17.7 Å². The minimum absolute atomic E-state index is 0.105. The Kier molecular flexibility index (Phi) is 4.11. The van der Waals surface area contributed by atoms with Gasteiger partial charge in [0, 0.05) is 30.3 Å². The average molecular weight is 296 g/mol. The predicted molar refractivity (Wildman–Crippen MR) is 71.5 cm³/mol. The summed E-state index contributed by atoms with van der Waals surface area (Å²) in [5, 5.41) is 13.4. The van der Waals surface area contributed by atoms with E-state index < -0.39 is 28.4 Å². The first-order valence-corrected chi connectivity index (χ1v) is 6.04. The third-order valence-corrected chi connectivity index (χ3v) is 2.96. The fourth-order valence-electron chi connectivity index (χ4n) is 1.86. The Labute approximate surface area is 118 Å². The molecule has 2 aromatic rings. The Balaban J connectivity index is 2.26. The van der Waals surface area contributed by atoms with E-state index in [-0.39, 0.29) is 11.4 Å². The fraction of sp³-hybridized carbons (Fsp3) is 0.143. The normalized spacial score (nSPS) is 12.0. The van der Waals surface area contributed by atoms with Gasteiger partial charge in [0.2, 0.25) is 0 Å². The van der Waals surface area contributed by atoms with Crippen LogP contribution in [-0.2, 0) is 0 Å². The summed E-state index contributed by atoms with van der Waals surface area (Å²) < 4.78 is 39.5. The van der Waals surface area contributed by atoms with E-state index in [2.05, 4.69) is 5.32 Å². The molecule has 4 nitrogen and oxygen atoms in total. The van der Waals surface area contributed by atoms with Crippen LogP contribution < -0.4 is 5.32 Å². The minimum atomic E-state index is -1.28. The number of rotatable bonds is 4. The van der Waals surface area contributed by atoms with E-state index in [1.165, 1.54) is 18.2 Å². The van der Waals surface area contributed by atoms with E-state index in [1.807, 2.05) is 0 Å². The molecule has 0 saturated carbocycles. The van der Waals surface area contributed by atoms with Gasteiger partial charge in [-0.15, -0.1) is 0 Å². The zero-order valence-corrected chi connectivity index (χ0v) is 10.9. The first-order valence-electron chi connectivity index (χ1n) is 6.04. The third-order valence-electron chi connectivity index (χ3n) is 2.96. The molecule has 1 N–H and O–H groups in total. The van der Waals surface area contributed by atoms with Crippen LogP contribution in [0.15, 0.2) is 36.4 Å². The Hall–Kier alpha value is -2.57. The van der Waals surface area contributed by atoms with Crippen LogP contribution in [-0.4, -0.2) is 4.92 Å². The molecule has 1 unspecified atom stereocenters. The zero-order chi connectivity index (χ0) is 15.6. The first-order chi connectivity index (χ1) is 9.88. The number of nitrogens with zero attached hydrogens (tertiary/aromatic N) is 1. The van der Waals surface area contributed by atoms with E-state index in [0.717, 1.165) is 0 Å². The molecule has 1 atom stereocenters. The highest BCUT2D eigenvalue weighted by Crippen LogP contribution is 2.25. The number of benzene rings is 2. The van der Waals surface area contributed by atoms with Crippen molar-refractivity contribution in [3.63, 3.8) is 0 Å². The predicted octanol–water partition coefficient (Wildman–Crippen LogP) is 4.19. The highest BCUT2D eigenvalue weighted by atomic mass is 19.2. The molecule has 0 radical (unpaired) electrons. The van der Waals surface area contributed by atoms with E-state index in [1.54, 1.807) is 13.0 Å². The zero-order valence-electron chi connectivity index (χ0n) is 10.9. The third kappa shape index (κ3) is 3.31. The van der Waals surface area contributed by atoms with Gasteiger partial charge >= 0.3 is 0 Å². The van der Waals surface area contributed by atoms with Gasteiger partial charge in [-0.3, -0.25) is 10.1 Å². The van der Waals surface area contributed by atoms with Gasteiger partial charge in [-0.2, -0.15) is 0 Å². The summed E-state index contributed by atoms with van der Waals surface area (Å²) in [5.41, 5.74) is 0.202. The molecule has 0 aliphatic heterocycles. The largest absolute Gasteiger partial charge is 0.376 e. The van der Waals surface area contributed by atoms with Crippen LogP contribution in [0, 0.1) is 27.6 Å². The molecule has 0 aliphatic carbocycles. The maximum atomic E-state index is 13.5. The maximum absolute atomic E-state index is 13.5. The second kappa shape index (κ2) is 5.82. The summed E-state index contributed by atoms with van der Waals surface area (Å²) in [6.07, 6.45) is 0. The lowest BCUT2D eigenvalue weighted by Gasteiger charge is -2.16. The second-order valence-corrected chi connectivity index (χ2v) is 4.46. The topological polar surface area (TPSA) is 55.2 Å². The molecule has 0 saturated heterocycles. The molecular weight excluding hydrogens is 285 g/mol. The average Bonchev–Trinajstić information content (AvgIpc) is 2.44. The summed E-state index contributed by atoms with van der Waals surface area (Å²) in [5.74, 6) is -3.39. The standard InChI is InChI=1S/C14H11F3N2O2/c1-8(9-3-2-4-10(5-9)19(20)21)18-14-7-12(16)11(15)6-13(14)17/h2-8,18H,1H3. The second-order valence-electron chi connectivity index (χ2n) is 4.46. The van der Waals surface area contributed by atoms with E-state index in [4.69, 9.17) is 0 Å². The molecule has 0 aromatic heterocycles. The van der Waals surface area contributed by atoms with Crippen molar-refractivity contribution in [2.24, 2.45) is 0 Å². The number of non-ortho nitro benzene ring substituents is 1.